The maximum Gasteiger partial charge on any atom is 0.338 e. The predicted molar refractivity (Wildman–Crippen MR) is 85.3 cm³/mol. The molecule has 1 aromatic rings. The maximum absolute atomic E-state index is 11.8. The molecule has 1 aliphatic rings. The third-order valence-electron chi connectivity index (χ3n) is 4.64. The summed E-state index contributed by atoms with van der Waals surface area (Å²) in [5, 5.41) is 3.61. The lowest BCUT2D eigenvalue weighted by Gasteiger charge is -2.24. The number of esters is 1. The molecule has 1 aliphatic carbocycles. The average Bonchev–Trinajstić information content (AvgIpc) is 2.81. The number of nitrogens with one attached hydrogen (secondary N) is 1. The van der Waals surface area contributed by atoms with E-state index in [1.165, 1.54) is 45.6 Å². The minimum absolute atomic E-state index is 0.255. The van der Waals surface area contributed by atoms with Crippen molar-refractivity contribution in [3.8, 4) is 0 Å². The van der Waals surface area contributed by atoms with E-state index in [-0.39, 0.29) is 5.97 Å². The predicted octanol–water partition coefficient (Wildman–Crippen LogP) is 3.92. The molecule has 0 unspecified atom stereocenters. The van der Waals surface area contributed by atoms with Crippen molar-refractivity contribution in [3.63, 3.8) is 0 Å². The summed E-state index contributed by atoms with van der Waals surface area (Å²) >= 11 is 0. The van der Waals surface area contributed by atoms with Crippen molar-refractivity contribution in [2.75, 3.05) is 7.11 Å². The fraction of sp³-hybridized carbons (Fsp3) is 0.611. The second-order valence-electron chi connectivity index (χ2n) is 6.07. The lowest BCUT2D eigenvalue weighted by atomic mass is 9.93. The van der Waals surface area contributed by atoms with Crippen LogP contribution in [0.5, 0.6) is 0 Å². The Balaban J connectivity index is 1.94. The van der Waals surface area contributed by atoms with Crippen LogP contribution >= 0.6 is 0 Å². The van der Waals surface area contributed by atoms with E-state index in [2.05, 4.69) is 12.2 Å². The SMILES string of the molecule is COC(=O)c1ccccc1CN[C@@H](C)C1CCCCCC1. The molecule has 116 valence electrons. The Morgan fingerprint density at radius 3 is 2.57 bits per heavy atom. The van der Waals surface area contributed by atoms with Gasteiger partial charge in [-0.1, -0.05) is 43.9 Å². The molecule has 0 saturated heterocycles. The minimum Gasteiger partial charge on any atom is -0.465 e. The Labute approximate surface area is 128 Å². The molecule has 0 spiro atoms. The van der Waals surface area contributed by atoms with Gasteiger partial charge >= 0.3 is 5.97 Å². The van der Waals surface area contributed by atoms with Gasteiger partial charge in [0.1, 0.15) is 0 Å². The summed E-state index contributed by atoms with van der Waals surface area (Å²) in [6, 6.07) is 8.18. The summed E-state index contributed by atoms with van der Waals surface area (Å²) in [5.41, 5.74) is 1.69. The highest BCUT2D eigenvalue weighted by Crippen LogP contribution is 2.25. The van der Waals surface area contributed by atoms with Crippen LogP contribution in [0.4, 0.5) is 0 Å². The second kappa shape index (κ2) is 8.18. The molecule has 0 heterocycles. The van der Waals surface area contributed by atoms with Crippen LogP contribution in [0.3, 0.4) is 0 Å². The van der Waals surface area contributed by atoms with Crippen molar-refractivity contribution in [2.24, 2.45) is 5.92 Å². The Morgan fingerprint density at radius 1 is 1.24 bits per heavy atom. The molecule has 1 fully saturated rings. The number of carbonyl (C=O) groups excluding carboxylic acids is 1. The van der Waals surface area contributed by atoms with Gasteiger partial charge in [0.05, 0.1) is 12.7 Å². The molecule has 3 nitrogen and oxygen atoms in total. The van der Waals surface area contributed by atoms with E-state index in [1.807, 2.05) is 24.3 Å². The van der Waals surface area contributed by atoms with Crippen LogP contribution in [-0.4, -0.2) is 19.1 Å². The first-order valence-corrected chi connectivity index (χ1v) is 8.12. The summed E-state index contributed by atoms with van der Waals surface area (Å²) < 4.78 is 4.85. The number of benzene rings is 1. The van der Waals surface area contributed by atoms with Crippen molar-refractivity contribution in [1.82, 2.24) is 5.32 Å². The monoisotopic (exact) mass is 289 g/mol. The fourth-order valence-electron chi connectivity index (χ4n) is 3.23. The summed E-state index contributed by atoms with van der Waals surface area (Å²) in [7, 11) is 1.43. The highest BCUT2D eigenvalue weighted by Gasteiger charge is 2.19. The first kappa shape index (κ1) is 16.0. The zero-order valence-electron chi connectivity index (χ0n) is 13.2. The van der Waals surface area contributed by atoms with Crippen molar-refractivity contribution in [2.45, 2.75) is 58.0 Å². The molecule has 0 radical (unpaired) electrons. The smallest absolute Gasteiger partial charge is 0.338 e. The van der Waals surface area contributed by atoms with Gasteiger partial charge in [0.15, 0.2) is 0 Å². The highest BCUT2D eigenvalue weighted by molar-refractivity contribution is 5.90. The summed E-state index contributed by atoms with van der Waals surface area (Å²) in [5.74, 6) is 0.507. The first-order chi connectivity index (χ1) is 10.2. The van der Waals surface area contributed by atoms with Gasteiger partial charge in [-0.25, -0.2) is 4.79 Å². The lowest BCUT2D eigenvalue weighted by molar-refractivity contribution is 0.0599. The van der Waals surface area contributed by atoms with Gasteiger partial charge in [0, 0.05) is 12.6 Å². The Kier molecular flexibility index (Phi) is 6.24. The zero-order valence-corrected chi connectivity index (χ0v) is 13.2. The largest absolute Gasteiger partial charge is 0.465 e. The molecule has 1 saturated carbocycles. The lowest BCUT2D eigenvalue weighted by Crippen LogP contribution is -2.33. The molecule has 0 bridgehead atoms. The van der Waals surface area contributed by atoms with Gasteiger partial charge in [0.2, 0.25) is 0 Å². The van der Waals surface area contributed by atoms with Crippen LogP contribution in [0, 0.1) is 5.92 Å². The minimum atomic E-state index is -0.255. The number of rotatable bonds is 5. The Hall–Kier alpha value is -1.35. The quantitative estimate of drug-likeness (QED) is 0.659. The molecule has 2 rings (SSSR count). The van der Waals surface area contributed by atoms with Crippen molar-refractivity contribution < 1.29 is 9.53 Å². The summed E-state index contributed by atoms with van der Waals surface area (Å²) in [6.45, 7) is 3.00. The third-order valence-corrected chi connectivity index (χ3v) is 4.64. The first-order valence-electron chi connectivity index (χ1n) is 8.12. The fourth-order valence-corrected chi connectivity index (χ4v) is 3.23. The molecular weight excluding hydrogens is 262 g/mol. The second-order valence-corrected chi connectivity index (χ2v) is 6.07. The van der Waals surface area contributed by atoms with E-state index in [0.717, 1.165) is 18.0 Å². The van der Waals surface area contributed by atoms with E-state index in [1.54, 1.807) is 0 Å². The van der Waals surface area contributed by atoms with Gasteiger partial charge in [0.25, 0.3) is 0 Å². The number of carbonyl (C=O) groups is 1. The summed E-state index contributed by atoms with van der Waals surface area (Å²) in [4.78, 5) is 11.8. The van der Waals surface area contributed by atoms with Gasteiger partial charge in [-0.3, -0.25) is 0 Å². The number of methoxy groups -OCH3 is 1. The van der Waals surface area contributed by atoms with Crippen LogP contribution in [0.2, 0.25) is 0 Å². The van der Waals surface area contributed by atoms with Crippen LogP contribution < -0.4 is 5.32 Å². The molecule has 21 heavy (non-hydrogen) atoms. The number of hydrogen-bond acceptors (Lipinski definition) is 3. The molecule has 1 atom stereocenters. The molecule has 1 aromatic carbocycles. The van der Waals surface area contributed by atoms with E-state index in [9.17, 15) is 4.79 Å². The summed E-state index contributed by atoms with van der Waals surface area (Å²) in [6.07, 6.45) is 8.13. The third kappa shape index (κ3) is 4.57. The van der Waals surface area contributed by atoms with E-state index >= 15 is 0 Å². The molecule has 0 aromatic heterocycles. The van der Waals surface area contributed by atoms with Crippen LogP contribution in [-0.2, 0) is 11.3 Å². The number of hydrogen-bond donors (Lipinski definition) is 1. The highest BCUT2D eigenvalue weighted by atomic mass is 16.5. The molecular formula is C18H27NO2. The van der Waals surface area contributed by atoms with E-state index in [4.69, 9.17) is 4.74 Å². The van der Waals surface area contributed by atoms with E-state index in [0.29, 0.717) is 11.6 Å². The topological polar surface area (TPSA) is 38.3 Å². The van der Waals surface area contributed by atoms with E-state index < -0.39 is 0 Å². The average molecular weight is 289 g/mol. The van der Waals surface area contributed by atoms with Gasteiger partial charge in [-0.2, -0.15) is 0 Å². The zero-order chi connectivity index (χ0) is 15.1. The van der Waals surface area contributed by atoms with Crippen molar-refractivity contribution in [3.05, 3.63) is 35.4 Å². The van der Waals surface area contributed by atoms with Crippen LogP contribution in [0.15, 0.2) is 24.3 Å². The van der Waals surface area contributed by atoms with Crippen molar-refractivity contribution >= 4 is 5.97 Å². The standard InChI is InChI=1S/C18H27NO2/c1-14(15-9-5-3-4-6-10-15)19-13-16-11-7-8-12-17(16)18(20)21-2/h7-8,11-12,14-15,19H,3-6,9-10,13H2,1-2H3/t14-/m0/s1. The Bertz CT molecular complexity index is 450. The van der Waals surface area contributed by atoms with Gasteiger partial charge in [-0.15, -0.1) is 0 Å². The molecule has 1 N–H and O–H groups in total. The molecule has 0 aliphatic heterocycles. The maximum atomic E-state index is 11.8. The number of ether oxygens (including phenoxy) is 1. The molecule has 3 heteroatoms. The van der Waals surface area contributed by atoms with Crippen molar-refractivity contribution in [1.29, 1.82) is 0 Å². The normalized spacial score (nSPS) is 18.0. The molecule has 0 amide bonds. The van der Waals surface area contributed by atoms with Gasteiger partial charge in [-0.05, 0) is 37.3 Å². The Morgan fingerprint density at radius 2 is 1.90 bits per heavy atom. The van der Waals surface area contributed by atoms with Gasteiger partial charge < -0.3 is 10.1 Å². The van der Waals surface area contributed by atoms with Crippen LogP contribution in [0.25, 0.3) is 0 Å². The van der Waals surface area contributed by atoms with Crippen LogP contribution in [0.1, 0.15) is 61.4 Å².